The van der Waals surface area contributed by atoms with Gasteiger partial charge in [0.1, 0.15) is 0 Å². The molecule has 0 unspecified atom stereocenters. The maximum Gasteiger partial charge on any atom is 0.240 e. The quantitative estimate of drug-likeness (QED) is 0.488. The van der Waals surface area contributed by atoms with Crippen LogP contribution in [0, 0.1) is 6.92 Å². The highest BCUT2D eigenvalue weighted by molar-refractivity contribution is 7.89. The van der Waals surface area contributed by atoms with Crippen LogP contribution >= 0.6 is 11.6 Å². The Balaban J connectivity index is 1.50. The van der Waals surface area contributed by atoms with E-state index >= 15 is 0 Å². The summed E-state index contributed by atoms with van der Waals surface area (Å²) in [5.41, 5.74) is 3.60. The Kier molecular flexibility index (Phi) is 7.85. The van der Waals surface area contributed by atoms with Crippen molar-refractivity contribution < 1.29 is 13.2 Å². The van der Waals surface area contributed by atoms with Crippen LogP contribution in [0.2, 0.25) is 5.02 Å². The van der Waals surface area contributed by atoms with Crippen molar-refractivity contribution in [1.29, 1.82) is 0 Å². The first-order valence-corrected chi connectivity index (χ1v) is 11.9. The minimum Gasteiger partial charge on any atom is -0.326 e. The summed E-state index contributed by atoms with van der Waals surface area (Å²) in [5, 5.41) is 3.43. The van der Waals surface area contributed by atoms with E-state index in [4.69, 9.17) is 11.6 Å². The van der Waals surface area contributed by atoms with Gasteiger partial charge in [0.2, 0.25) is 15.9 Å². The summed E-state index contributed by atoms with van der Waals surface area (Å²) in [7, 11) is -3.57. The number of nitrogens with one attached hydrogen (secondary N) is 2. The normalized spacial score (nSPS) is 11.3. The molecule has 0 saturated heterocycles. The van der Waals surface area contributed by atoms with Gasteiger partial charge >= 0.3 is 0 Å². The van der Waals surface area contributed by atoms with E-state index in [0.29, 0.717) is 30.1 Å². The monoisotopic (exact) mass is 456 g/mol. The van der Waals surface area contributed by atoms with Gasteiger partial charge in [0.15, 0.2) is 0 Å². The molecule has 3 rings (SSSR count). The number of sulfonamides is 1. The summed E-state index contributed by atoms with van der Waals surface area (Å²) >= 11 is 5.98. The summed E-state index contributed by atoms with van der Waals surface area (Å²) in [5.74, 6) is -0.121. The van der Waals surface area contributed by atoms with Crippen molar-refractivity contribution in [2.24, 2.45) is 0 Å². The second-order valence-electron chi connectivity index (χ2n) is 7.28. The van der Waals surface area contributed by atoms with Gasteiger partial charge < -0.3 is 5.32 Å². The molecule has 3 aromatic carbocycles. The number of hydrogen-bond donors (Lipinski definition) is 2. The molecule has 7 heteroatoms. The van der Waals surface area contributed by atoms with Gasteiger partial charge in [-0.3, -0.25) is 4.79 Å². The lowest BCUT2D eigenvalue weighted by atomic mass is 10.1. The third kappa shape index (κ3) is 6.92. The van der Waals surface area contributed by atoms with Gasteiger partial charge in [-0.1, -0.05) is 60.1 Å². The van der Waals surface area contributed by atoms with Crippen LogP contribution in [-0.2, 0) is 27.7 Å². The first-order valence-electron chi connectivity index (χ1n) is 10.0. The lowest BCUT2D eigenvalue weighted by Crippen LogP contribution is -2.26. The zero-order valence-corrected chi connectivity index (χ0v) is 18.8. The van der Waals surface area contributed by atoms with Crippen molar-refractivity contribution in [2.45, 2.75) is 31.1 Å². The Bertz CT molecular complexity index is 1130. The second kappa shape index (κ2) is 10.6. The molecule has 0 bridgehead atoms. The van der Waals surface area contributed by atoms with E-state index in [-0.39, 0.29) is 17.2 Å². The van der Waals surface area contributed by atoms with Gasteiger partial charge in [-0.25, -0.2) is 13.1 Å². The molecule has 0 saturated carbocycles. The average Bonchev–Trinajstić information content (AvgIpc) is 2.76. The lowest BCUT2D eigenvalue weighted by Gasteiger charge is -2.10. The molecule has 0 radical (unpaired) electrons. The SMILES string of the molecule is Cc1ccc(Cl)cc1NC(=O)CCc1ccc(S(=O)(=O)NCCc2ccccc2)cc1. The molecule has 3 aromatic rings. The molecule has 0 aliphatic rings. The van der Waals surface area contributed by atoms with Crippen molar-refractivity contribution in [3.8, 4) is 0 Å². The topological polar surface area (TPSA) is 75.3 Å². The lowest BCUT2D eigenvalue weighted by molar-refractivity contribution is -0.116. The minimum atomic E-state index is -3.57. The van der Waals surface area contributed by atoms with Gasteiger partial charge in [0.25, 0.3) is 0 Å². The van der Waals surface area contributed by atoms with Crippen LogP contribution in [0.25, 0.3) is 0 Å². The van der Waals surface area contributed by atoms with Crippen LogP contribution in [0.4, 0.5) is 5.69 Å². The van der Waals surface area contributed by atoms with Gasteiger partial charge in [-0.05, 0) is 60.7 Å². The van der Waals surface area contributed by atoms with E-state index in [0.717, 1.165) is 16.7 Å². The molecule has 0 aromatic heterocycles. The molecular weight excluding hydrogens is 432 g/mol. The zero-order valence-electron chi connectivity index (χ0n) is 17.3. The Labute approximate surface area is 188 Å². The first-order chi connectivity index (χ1) is 14.8. The van der Waals surface area contributed by atoms with E-state index in [1.165, 1.54) is 0 Å². The molecular formula is C24H25ClN2O3S. The molecule has 0 atom stereocenters. The molecule has 31 heavy (non-hydrogen) atoms. The fraction of sp³-hybridized carbons (Fsp3) is 0.208. The molecule has 5 nitrogen and oxygen atoms in total. The van der Waals surface area contributed by atoms with Crippen LogP contribution in [0.1, 0.15) is 23.1 Å². The maximum absolute atomic E-state index is 12.5. The zero-order chi connectivity index (χ0) is 22.3. The highest BCUT2D eigenvalue weighted by Gasteiger charge is 2.13. The molecule has 0 heterocycles. The minimum absolute atomic E-state index is 0.121. The maximum atomic E-state index is 12.5. The van der Waals surface area contributed by atoms with Gasteiger partial charge in [0, 0.05) is 23.7 Å². The largest absolute Gasteiger partial charge is 0.326 e. The number of amides is 1. The number of aryl methyl sites for hydroxylation is 2. The Morgan fingerprint density at radius 3 is 2.29 bits per heavy atom. The van der Waals surface area contributed by atoms with Crippen molar-refractivity contribution in [1.82, 2.24) is 4.72 Å². The third-order valence-corrected chi connectivity index (χ3v) is 6.61. The fourth-order valence-corrected chi connectivity index (χ4v) is 4.30. The third-order valence-electron chi connectivity index (χ3n) is 4.90. The number of halogens is 1. The predicted molar refractivity (Wildman–Crippen MR) is 125 cm³/mol. The molecule has 0 aliphatic heterocycles. The van der Waals surface area contributed by atoms with Gasteiger partial charge in [-0.2, -0.15) is 0 Å². The molecule has 162 valence electrons. The molecule has 0 aliphatic carbocycles. The Morgan fingerprint density at radius 1 is 0.903 bits per heavy atom. The highest BCUT2D eigenvalue weighted by Crippen LogP contribution is 2.20. The van der Waals surface area contributed by atoms with Gasteiger partial charge in [-0.15, -0.1) is 0 Å². The van der Waals surface area contributed by atoms with Crippen LogP contribution in [0.3, 0.4) is 0 Å². The smallest absolute Gasteiger partial charge is 0.240 e. The standard InChI is InChI=1S/C24H25ClN2O3S/c1-18-7-11-21(25)17-23(18)27-24(28)14-10-20-8-12-22(13-9-20)31(29,30)26-16-15-19-5-3-2-4-6-19/h2-9,11-13,17,26H,10,14-16H2,1H3,(H,27,28). The number of carbonyl (C=O) groups excluding carboxylic acids is 1. The predicted octanol–water partition coefficient (Wildman–Crippen LogP) is 4.74. The molecule has 0 spiro atoms. The van der Waals surface area contributed by atoms with E-state index in [1.807, 2.05) is 43.3 Å². The molecule has 0 fully saturated rings. The van der Waals surface area contributed by atoms with Crippen molar-refractivity contribution in [3.05, 3.63) is 94.5 Å². The summed E-state index contributed by atoms with van der Waals surface area (Å²) < 4.78 is 27.6. The van der Waals surface area contributed by atoms with E-state index in [1.54, 1.807) is 36.4 Å². The van der Waals surface area contributed by atoms with E-state index < -0.39 is 10.0 Å². The van der Waals surface area contributed by atoms with Crippen LogP contribution in [0.5, 0.6) is 0 Å². The number of benzene rings is 3. The fourth-order valence-electron chi connectivity index (χ4n) is 3.09. The number of hydrogen-bond acceptors (Lipinski definition) is 3. The Morgan fingerprint density at radius 2 is 1.58 bits per heavy atom. The molecule has 2 N–H and O–H groups in total. The Hall–Kier alpha value is -2.67. The van der Waals surface area contributed by atoms with E-state index in [9.17, 15) is 13.2 Å². The second-order valence-corrected chi connectivity index (χ2v) is 9.49. The van der Waals surface area contributed by atoms with Crippen LogP contribution in [-0.4, -0.2) is 20.9 Å². The van der Waals surface area contributed by atoms with Crippen molar-refractivity contribution >= 4 is 33.2 Å². The summed E-state index contributed by atoms with van der Waals surface area (Å²) in [6.07, 6.45) is 1.42. The number of anilines is 1. The first kappa shape index (κ1) is 23.0. The van der Waals surface area contributed by atoms with Crippen LogP contribution < -0.4 is 10.0 Å². The summed E-state index contributed by atoms with van der Waals surface area (Å²) in [4.78, 5) is 12.5. The summed E-state index contributed by atoms with van der Waals surface area (Å²) in [6.45, 7) is 2.23. The summed E-state index contributed by atoms with van der Waals surface area (Å²) in [6, 6.07) is 21.7. The average molecular weight is 457 g/mol. The number of carbonyl (C=O) groups is 1. The van der Waals surface area contributed by atoms with Crippen LogP contribution in [0.15, 0.2) is 77.7 Å². The van der Waals surface area contributed by atoms with Gasteiger partial charge in [0.05, 0.1) is 4.90 Å². The van der Waals surface area contributed by atoms with Crippen molar-refractivity contribution in [3.63, 3.8) is 0 Å². The van der Waals surface area contributed by atoms with E-state index in [2.05, 4.69) is 10.0 Å². The number of rotatable bonds is 9. The highest BCUT2D eigenvalue weighted by atomic mass is 35.5. The molecule has 1 amide bonds. The van der Waals surface area contributed by atoms with Crippen molar-refractivity contribution in [2.75, 3.05) is 11.9 Å².